The lowest BCUT2D eigenvalue weighted by atomic mass is 10.0. The molecule has 0 unspecified atom stereocenters. The molecule has 4 rings (SSSR count). The van der Waals surface area contributed by atoms with E-state index in [9.17, 15) is 27.2 Å². The highest BCUT2D eigenvalue weighted by molar-refractivity contribution is 6.34. The van der Waals surface area contributed by atoms with Crippen LogP contribution in [-0.4, -0.2) is 26.8 Å². The second-order valence-corrected chi connectivity index (χ2v) is 7.53. The number of fused-ring (bicyclic) bond motifs is 1. The summed E-state index contributed by atoms with van der Waals surface area (Å²) in [5.74, 6) is -2.93. The molecule has 0 bridgehead atoms. The molecule has 1 heterocycles. The van der Waals surface area contributed by atoms with Crippen molar-refractivity contribution in [3.8, 4) is 11.3 Å². The molecule has 0 fully saturated rings. The molecular weight excluding hydrogens is 464 g/mol. The van der Waals surface area contributed by atoms with Crippen LogP contribution in [0.15, 0.2) is 60.7 Å². The summed E-state index contributed by atoms with van der Waals surface area (Å²) in [6.07, 6.45) is -5.08. The van der Waals surface area contributed by atoms with E-state index in [1.807, 2.05) is 0 Å². The normalized spacial score (nSPS) is 11.7. The van der Waals surface area contributed by atoms with Crippen LogP contribution in [0, 0.1) is 5.82 Å². The third-order valence-corrected chi connectivity index (χ3v) is 5.28. The molecule has 0 aliphatic carbocycles. The summed E-state index contributed by atoms with van der Waals surface area (Å²) >= 11 is 5.96. The highest BCUT2D eigenvalue weighted by Crippen LogP contribution is 2.37. The molecular formula is C23H13ClF4N2O3. The van der Waals surface area contributed by atoms with Gasteiger partial charge >= 0.3 is 12.1 Å². The fraction of sp³-hybridized carbons (Fsp3) is 0.0870. The number of rotatable bonds is 4. The van der Waals surface area contributed by atoms with E-state index in [4.69, 9.17) is 16.7 Å². The van der Waals surface area contributed by atoms with Crippen molar-refractivity contribution in [3.05, 3.63) is 88.2 Å². The number of nitrogens with zero attached hydrogens (tertiary/aromatic N) is 2. The number of benzene rings is 3. The lowest BCUT2D eigenvalue weighted by molar-refractivity contribution is -0.138. The largest absolute Gasteiger partial charge is 0.481 e. The zero-order valence-corrected chi connectivity index (χ0v) is 17.3. The number of carbonyl (C=O) groups excluding carboxylic acids is 1. The lowest BCUT2D eigenvalue weighted by Gasteiger charge is -2.13. The van der Waals surface area contributed by atoms with E-state index in [1.54, 1.807) is 0 Å². The smallest absolute Gasteiger partial charge is 0.417 e. The maximum absolute atomic E-state index is 14.8. The van der Waals surface area contributed by atoms with Crippen LogP contribution in [0.5, 0.6) is 0 Å². The van der Waals surface area contributed by atoms with Crippen LogP contribution in [0.4, 0.5) is 17.6 Å². The van der Waals surface area contributed by atoms with Gasteiger partial charge in [0.05, 0.1) is 33.5 Å². The summed E-state index contributed by atoms with van der Waals surface area (Å²) in [7, 11) is 0. The van der Waals surface area contributed by atoms with Gasteiger partial charge in [-0.3, -0.25) is 9.59 Å². The monoisotopic (exact) mass is 476 g/mol. The summed E-state index contributed by atoms with van der Waals surface area (Å²) in [6.45, 7) is 0. The number of carboxylic acids is 1. The fourth-order valence-electron chi connectivity index (χ4n) is 3.52. The van der Waals surface area contributed by atoms with E-state index in [0.717, 1.165) is 24.3 Å². The second kappa shape index (κ2) is 8.32. The highest BCUT2D eigenvalue weighted by atomic mass is 35.5. The summed E-state index contributed by atoms with van der Waals surface area (Å²) in [5, 5.41) is 12.6. The number of hydrogen-bond donors (Lipinski definition) is 1. The fourth-order valence-corrected chi connectivity index (χ4v) is 3.78. The number of hydrogen-bond acceptors (Lipinski definition) is 3. The van der Waals surface area contributed by atoms with Crippen molar-refractivity contribution in [1.82, 2.24) is 9.78 Å². The number of aliphatic carboxylic acids is 1. The van der Waals surface area contributed by atoms with Crippen molar-refractivity contribution in [2.24, 2.45) is 0 Å². The van der Waals surface area contributed by atoms with E-state index in [0.29, 0.717) is 15.8 Å². The Balaban J connectivity index is 1.91. The van der Waals surface area contributed by atoms with Gasteiger partial charge < -0.3 is 5.11 Å². The molecule has 168 valence electrons. The molecule has 3 aromatic carbocycles. The van der Waals surface area contributed by atoms with Crippen molar-refractivity contribution < 1.29 is 32.3 Å². The minimum atomic E-state index is -4.85. The van der Waals surface area contributed by atoms with Crippen LogP contribution < -0.4 is 0 Å². The first-order valence-corrected chi connectivity index (χ1v) is 9.84. The minimum Gasteiger partial charge on any atom is -0.481 e. The van der Waals surface area contributed by atoms with Gasteiger partial charge in [-0.15, -0.1) is 0 Å². The molecule has 1 N–H and O–H groups in total. The third kappa shape index (κ3) is 4.19. The van der Waals surface area contributed by atoms with Crippen LogP contribution in [0.25, 0.3) is 22.2 Å². The van der Waals surface area contributed by atoms with Crippen molar-refractivity contribution >= 4 is 34.4 Å². The van der Waals surface area contributed by atoms with Crippen LogP contribution in [0.2, 0.25) is 5.02 Å². The Hall–Kier alpha value is -3.72. The Morgan fingerprint density at radius 1 is 1.00 bits per heavy atom. The lowest BCUT2D eigenvalue weighted by Crippen LogP contribution is -2.20. The van der Waals surface area contributed by atoms with E-state index in [-0.39, 0.29) is 23.0 Å². The van der Waals surface area contributed by atoms with Crippen molar-refractivity contribution in [1.29, 1.82) is 0 Å². The first-order chi connectivity index (χ1) is 15.6. The van der Waals surface area contributed by atoms with Gasteiger partial charge in [-0.25, -0.2) is 4.39 Å². The Morgan fingerprint density at radius 2 is 1.67 bits per heavy atom. The quantitative estimate of drug-likeness (QED) is 0.376. The van der Waals surface area contributed by atoms with Crippen LogP contribution in [0.3, 0.4) is 0 Å². The average Bonchev–Trinajstić information content (AvgIpc) is 3.14. The summed E-state index contributed by atoms with van der Waals surface area (Å²) < 4.78 is 56.1. The van der Waals surface area contributed by atoms with E-state index < -0.39 is 40.0 Å². The predicted molar refractivity (Wildman–Crippen MR) is 113 cm³/mol. The molecule has 1 aromatic heterocycles. The molecule has 0 atom stereocenters. The number of carboxylic acid groups (broad SMARTS) is 1. The first kappa shape index (κ1) is 22.5. The third-order valence-electron chi connectivity index (χ3n) is 4.96. The zero-order chi connectivity index (χ0) is 23.9. The SMILES string of the molecule is O=C(O)Cc1ccc(-c2nn(C(=O)c3c(Cl)cccc3C(F)(F)F)c3cccc(F)c23)cc1. The number of halogens is 5. The van der Waals surface area contributed by atoms with Gasteiger partial charge in [0.1, 0.15) is 11.5 Å². The Morgan fingerprint density at radius 3 is 2.30 bits per heavy atom. The highest BCUT2D eigenvalue weighted by Gasteiger charge is 2.37. The maximum atomic E-state index is 14.8. The minimum absolute atomic E-state index is 0.0129. The van der Waals surface area contributed by atoms with Crippen LogP contribution >= 0.6 is 11.6 Å². The van der Waals surface area contributed by atoms with Gasteiger partial charge in [0.2, 0.25) is 0 Å². The summed E-state index contributed by atoms with van der Waals surface area (Å²) in [6, 6.07) is 12.8. The van der Waals surface area contributed by atoms with Gasteiger partial charge in [0.15, 0.2) is 0 Å². The predicted octanol–water partition coefficient (Wildman–Crippen LogP) is 5.83. The summed E-state index contributed by atoms with van der Waals surface area (Å²) in [5.41, 5.74) is -1.24. The van der Waals surface area contributed by atoms with E-state index in [2.05, 4.69) is 5.10 Å². The summed E-state index contributed by atoms with van der Waals surface area (Å²) in [4.78, 5) is 24.1. The molecule has 4 aromatic rings. The molecule has 0 amide bonds. The first-order valence-electron chi connectivity index (χ1n) is 9.46. The van der Waals surface area contributed by atoms with E-state index >= 15 is 0 Å². The molecule has 0 saturated heterocycles. The molecule has 10 heteroatoms. The van der Waals surface area contributed by atoms with Gasteiger partial charge in [-0.2, -0.15) is 23.0 Å². The number of carbonyl (C=O) groups is 2. The number of alkyl halides is 3. The Kier molecular flexibility index (Phi) is 5.67. The molecule has 5 nitrogen and oxygen atoms in total. The second-order valence-electron chi connectivity index (χ2n) is 7.13. The van der Waals surface area contributed by atoms with Crippen molar-refractivity contribution in [2.75, 3.05) is 0 Å². The van der Waals surface area contributed by atoms with Gasteiger partial charge in [-0.1, -0.05) is 48.0 Å². The van der Waals surface area contributed by atoms with Gasteiger partial charge in [0.25, 0.3) is 5.91 Å². The molecule has 0 saturated carbocycles. The molecule has 0 spiro atoms. The van der Waals surface area contributed by atoms with Gasteiger partial charge in [0, 0.05) is 5.56 Å². The van der Waals surface area contributed by atoms with Crippen LogP contribution in [-0.2, 0) is 17.4 Å². The van der Waals surface area contributed by atoms with E-state index in [1.165, 1.54) is 36.4 Å². The van der Waals surface area contributed by atoms with Gasteiger partial charge in [-0.05, 0) is 29.8 Å². The molecule has 0 aliphatic rings. The Bertz CT molecular complexity index is 1400. The standard InChI is InChI=1S/C23H13ClF4N2O3/c24-15-4-1-3-14(23(26,27)28)19(15)22(33)30-17-6-2-5-16(25)20(17)21(29-30)13-9-7-12(8-10-13)11-18(31)32/h1-10H,11H2,(H,31,32). The Labute approximate surface area is 188 Å². The topological polar surface area (TPSA) is 72.2 Å². The molecule has 33 heavy (non-hydrogen) atoms. The maximum Gasteiger partial charge on any atom is 0.417 e. The number of aromatic nitrogens is 2. The van der Waals surface area contributed by atoms with Crippen molar-refractivity contribution in [2.45, 2.75) is 12.6 Å². The van der Waals surface area contributed by atoms with Crippen molar-refractivity contribution in [3.63, 3.8) is 0 Å². The average molecular weight is 477 g/mol. The molecule has 0 radical (unpaired) electrons. The van der Waals surface area contributed by atoms with Crippen LogP contribution in [0.1, 0.15) is 21.5 Å². The molecule has 0 aliphatic heterocycles. The zero-order valence-electron chi connectivity index (χ0n) is 16.5.